The second-order valence-corrected chi connectivity index (χ2v) is 9.26. The Labute approximate surface area is 166 Å². The average molecular weight is 385 g/mol. The lowest BCUT2D eigenvalue weighted by Crippen LogP contribution is -2.55. The number of anilines is 1. The Morgan fingerprint density at radius 3 is 2.37 bits per heavy atom. The summed E-state index contributed by atoms with van der Waals surface area (Å²) in [6.07, 6.45) is 7.07. The largest absolute Gasteiger partial charge is 0.487 e. The maximum absolute atomic E-state index is 13.1. The molecule has 144 valence electrons. The molecule has 27 heavy (non-hydrogen) atoms. The van der Waals surface area contributed by atoms with Gasteiger partial charge in [0.15, 0.2) is 5.11 Å². The van der Waals surface area contributed by atoms with Crippen LogP contribution in [-0.2, 0) is 4.79 Å². The number of carbonyl (C=O) groups is 1. The molecule has 4 saturated carbocycles. The molecule has 1 amide bonds. The number of para-hydroxylation sites is 2. The molecule has 4 nitrogen and oxygen atoms in total. The van der Waals surface area contributed by atoms with E-state index in [0.29, 0.717) is 17.5 Å². The molecule has 2 N–H and O–H groups in total. The van der Waals surface area contributed by atoms with Gasteiger partial charge in [-0.2, -0.15) is 0 Å². The summed E-state index contributed by atoms with van der Waals surface area (Å²) in [5.74, 6) is 3.02. The van der Waals surface area contributed by atoms with Crippen LogP contribution >= 0.6 is 12.2 Å². The van der Waals surface area contributed by atoms with Crippen LogP contribution in [0.5, 0.6) is 5.75 Å². The van der Waals surface area contributed by atoms with Gasteiger partial charge in [0.1, 0.15) is 12.4 Å². The van der Waals surface area contributed by atoms with Crippen LogP contribution in [0.4, 0.5) is 5.69 Å². The number of hydrogen-bond donors (Lipinski definition) is 2. The Morgan fingerprint density at radius 2 is 1.78 bits per heavy atom. The fraction of sp³-hybridized carbons (Fsp3) is 0.545. The van der Waals surface area contributed by atoms with Gasteiger partial charge in [-0.05, 0) is 93.1 Å². The molecule has 4 aliphatic carbocycles. The molecule has 4 bridgehead atoms. The van der Waals surface area contributed by atoms with Crippen LogP contribution in [0.2, 0.25) is 0 Å². The number of hydrogen-bond acceptors (Lipinski definition) is 3. The highest BCUT2D eigenvalue weighted by Gasteiger charge is 2.54. The molecule has 4 fully saturated rings. The number of carbonyl (C=O) groups excluding carboxylic acids is 1. The highest BCUT2D eigenvalue weighted by molar-refractivity contribution is 7.80. The number of amides is 1. The van der Waals surface area contributed by atoms with E-state index < -0.39 is 0 Å². The first-order valence-electron chi connectivity index (χ1n) is 9.92. The van der Waals surface area contributed by atoms with Gasteiger partial charge in [-0.1, -0.05) is 18.7 Å². The van der Waals surface area contributed by atoms with Crippen LogP contribution in [0.15, 0.2) is 36.4 Å². The smallest absolute Gasteiger partial charge is 0.232 e. The molecule has 1 aromatic rings. The average Bonchev–Trinajstić information content (AvgIpc) is 2.59. The highest BCUT2D eigenvalue weighted by Crippen LogP contribution is 2.60. The van der Waals surface area contributed by atoms with Crippen LogP contribution in [0.25, 0.3) is 0 Å². The second-order valence-electron chi connectivity index (χ2n) is 8.85. The Bertz CT molecular complexity index is 738. The van der Waals surface area contributed by atoms with Crippen LogP contribution in [0.1, 0.15) is 45.4 Å². The highest BCUT2D eigenvalue weighted by atomic mass is 32.1. The summed E-state index contributed by atoms with van der Waals surface area (Å²) in [5.41, 5.74) is 1.51. The van der Waals surface area contributed by atoms with Gasteiger partial charge in [0.25, 0.3) is 0 Å². The van der Waals surface area contributed by atoms with Gasteiger partial charge in [0.2, 0.25) is 5.91 Å². The fourth-order valence-electron chi connectivity index (χ4n) is 5.67. The van der Waals surface area contributed by atoms with Crippen molar-refractivity contribution in [3.05, 3.63) is 36.4 Å². The molecule has 0 saturated heterocycles. The molecule has 0 aromatic heterocycles. The molecule has 4 aliphatic rings. The molecule has 5 heteroatoms. The normalized spacial score (nSPS) is 30.6. The predicted molar refractivity (Wildman–Crippen MR) is 112 cm³/mol. The summed E-state index contributed by atoms with van der Waals surface area (Å²) >= 11 is 5.45. The van der Waals surface area contributed by atoms with Gasteiger partial charge >= 0.3 is 0 Å². The molecule has 0 spiro atoms. The van der Waals surface area contributed by atoms with Gasteiger partial charge in [-0.3, -0.25) is 4.79 Å². The van der Waals surface area contributed by atoms with Crippen LogP contribution in [0.3, 0.4) is 0 Å². The van der Waals surface area contributed by atoms with E-state index in [0.717, 1.165) is 48.3 Å². The number of thiocarbonyl (C=S) groups is 1. The van der Waals surface area contributed by atoms with Crippen molar-refractivity contribution < 1.29 is 9.53 Å². The summed E-state index contributed by atoms with van der Waals surface area (Å²) < 4.78 is 5.77. The van der Waals surface area contributed by atoms with Crippen LogP contribution < -0.4 is 15.4 Å². The number of nitrogens with one attached hydrogen (secondary N) is 2. The van der Waals surface area contributed by atoms with Gasteiger partial charge in [0, 0.05) is 0 Å². The topological polar surface area (TPSA) is 50.4 Å². The zero-order chi connectivity index (χ0) is 19.0. The number of ether oxygens (including phenoxy) is 1. The lowest BCUT2D eigenvalue weighted by atomic mass is 9.49. The molecule has 5 rings (SSSR count). The van der Waals surface area contributed by atoms with Gasteiger partial charge in [-0.15, -0.1) is 0 Å². The summed E-state index contributed by atoms with van der Waals surface area (Å²) in [4.78, 5) is 13.1. The van der Waals surface area contributed by atoms with E-state index in [4.69, 9.17) is 17.0 Å². The predicted octanol–water partition coefficient (Wildman–Crippen LogP) is 4.67. The minimum absolute atomic E-state index is 0.111. The summed E-state index contributed by atoms with van der Waals surface area (Å²) in [7, 11) is 0. The minimum Gasteiger partial charge on any atom is -0.487 e. The van der Waals surface area contributed by atoms with Gasteiger partial charge < -0.3 is 15.4 Å². The minimum atomic E-state index is -0.198. The van der Waals surface area contributed by atoms with Gasteiger partial charge in [0.05, 0.1) is 11.1 Å². The first-order chi connectivity index (χ1) is 12.9. The third kappa shape index (κ3) is 3.88. The Balaban J connectivity index is 1.40. The molecule has 0 atom stereocenters. The molecular formula is C22H28N2O2S. The molecule has 0 heterocycles. The van der Waals surface area contributed by atoms with Crippen LogP contribution in [0, 0.1) is 23.2 Å². The molecule has 0 aliphatic heterocycles. The number of benzene rings is 1. The van der Waals surface area contributed by atoms with Crippen molar-refractivity contribution in [1.82, 2.24) is 5.32 Å². The second kappa shape index (κ2) is 7.27. The summed E-state index contributed by atoms with van der Waals surface area (Å²) in [5, 5.41) is 6.48. The van der Waals surface area contributed by atoms with E-state index >= 15 is 0 Å². The Kier molecular flexibility index (Phi) is 4.97. The molecule has 0 radical (unpaired) electrons. The maximum atomic E-state index is 13.1. The van der Waals surface area contributed by atoms with E-state index in [2.05, 4.69) is 17.2 Å². The third-order valence-corrected chi connectivity index (χ3v) is 6.56. The van der Waals surface area contributed by atoms with E-state index in [1.165, 1.54) is 19.3 Å². The fourth-order valence-corrected chi connectivity index (χ4v) is 5.88. The van der Waals surface area contributed by atoms with Crippen molar-refractivity contribution in [2.75, 3.05) is 11.9 Å². The van der Waals surface area contributed by atoms with E-state index in [1.54, 1.807) is 0 Å². The number of rotatable bonds is 5. The van der Waals surface area contributed by atoms with Crippen molar-refractivity contribution in [3.8, 4) is 5.75 Å². The first-order valence-corrected chi connectivity index (χ1v) is 10.3. The monoisotopic (exact) mass is 384 g/mol. The Morgan fingerprint density at radius 1 is 1.19 bits per heavy atom. The zero-order valence-electron chi connectivity index (χ0n) is 15.9. The van der Waals surface area contributed by atoms with E-state index in [1.807, 2.05) is 31.2 Å². The third-order valence-electron chi connectivity index (χ3n) is 6.36. The first kappa shape index (κ1) is 18.5. The van der Waals surface area contributed by atoms with Gasteiger partial charge in [-0.25, -0.2) is 0 Å². The van der Waals surface area contributed by atoms with Crippen molar-refractivity contribution >= 4 is 28.9 Å². The molecule has 0 unspecified atom stereocenters. The molecule has 1 aromatic carbocycles. The standard InChI is InChI=1S/C22H28N2O2S/c1-14(2)13-26-19-6-4-3-5-18(19)23-21(27)24-20(25)22-10-15-7-16(11-22)9-17(8-15)12-22/h3-6,15-17H,1,7-13H2,2H3,(H2,23,24,25,27). The lowest BCUT2D eigenvalue weighted by molar-refractivity contribution is -0.144. The lowest BCUT2D eigenvalue weighted by Gasteiger charge is -2.55. The van der Waals surface area contributed by atoms with E-state index in [-0.39, 0.29) is 11.3 Å². The van der Waals surface area contributed by atoms with Crippen molar-refractivity contribution in [2.45, 2.75) is 45.4 Å². The maximum Gasteiger partial charge on any atom is 0.232 e. The SMILES string of the molecule is C=C(C)COc1ccccc1NC(=S)NC(=O)C12CC3CC(CC(C3)C1)C2. The van der Waals surface area contributed by atoms with Crippen LogP contribution in [-0.4, -0.2) is 17.6 Å². The summed E-state index contributed by atoms with van der Waals surface area (Å²) in [6, 6.07) is 7.61. The van der Waals surface area contributed by atoms with Crippen molar-refractivity contribution in [1.29, 1.82) is 0 Å². The Hall–Kier alpha value is -1.88. The molecular weight excluding hydrogens is 356 g/mol. The van der Waals surface area contributed by atoms with E-state index in [9.17, 15) is 4.79 Å². The zero-order valence-corrected chi connectivity index (χ0v) is 16.7. The summed E-state index contributed by atoms with van der Waals surface area (Å²) in [6.45, 7) is 6.23. The van der Waals surface area contributed by atoms with Crippen molar-refractivity contribution in [3.63, 3.8) is 0 Å². The van der Waals surface area contributed by atoms with Crippen molar-refractivity contribution in [2.24, 2.45) is 23.2 Å². The quantitative estimate of drug-likeness (QED) is 0.572.